The fraction of sp³-hybridized carbons (Fsp3) is 0.200. The number of hydrogen-bond donors (Lipinski definition) is 0. The summed E-state index contributed by atoms with van der Waals surface area (Å²) in [5, 5.41) is 8.04. The Morgan fingerprint density at radius 1 is 1.15 bits per heavy atom. The Morgan fingerprint density at radius 2 is 1.88 bits per heavy atom. The van der Waals surface area contributed by atoms with Crippen LogP contribution in [0.1, 0.15) is 18.7 Å². The highest BCUT2D eigenvalue weighted by molar-refractivity contribution is 7.59. The number of rotatable bonds is 6. The van der Waals surface area contributed by atoms with Crippen molar-refractivity contribution in [1.29, 1.82) is 0 Å². The second-order valence-corrected chi connectivity index (χ2v) is 5.28. The molecule has 0 saturated carbocycles. The minimum Gasteiger partial charge on any atom is -0.454 e. The first kappa shape index (κ1) is 19.9. The Hall–Kier alpha value is -2.46. The lowest BCUT2D eigenvalue weighted by Crippen LogP contribution is -2.06. The number of benzene rings is 1. The van der Waals surface area contributed by atoms with E-state index in [4.69, 9.17) is 16.3 Å². The summed E-state index contributed by atoms with van der Waals surface area (Å²) in [5.74, 6) is -0.145. The Morgan fingerprint density at radius 3 is 2.58 bits per heavy atom. The number of hydrogen-bond acceptors (Lipinski definition) is 6. The van der Waals surface area contributed by atoms with Crippen molar-refractivity contribution in [3.63, 3.8) is 0 Å². The highest BCUT2D eigenvalue weighted by Crippen LogP contribution is 2.28. The van der Waals surface area contributed by atoms with Crippen molar-refractivity contribution >= 4 is 25.1 Å². The fourth-order valence-electron chi connectivity index (χ4n) is 1.97. The molecule has 3 rings (SSSR count). The third kappa shape index (κ3) is 4.79. The molecule has 0 N–H and O–H groups in total. The van der Waals surface area contributed by atoms with Gasteiger partial charge in [-0.1, -0.05) is 16.8 Å². The van der Waals surface area contributed by atoms with Crippen LogP contribution in [-0.2, 0) is 0 Å². The maximum atomic E-state index is 12.4. The molecule has 0 bridgehead atoms. The molecule has 2 aromatic heterocycles. The summed E-state index contributed by atoms with van der Waals surface area (Å²) in [7, 11) is 0. The summed E-state index contributed by atoms with van der Waals surface area (Å²) in [6, 6.07) is 6.27. The van der Waals surface area contributed by atoms with Gasteiger partial charge >= 0.3 is 12.6 Å². The lowest BCUT2D eigenvalue weighted by molar-refractivity contribution is -0.0497. The van der Waals surface area contributed by atoms with E-state index in [9.17, 15) is 8.78 Å². The lowest BCUT2D eigenvalue weighted by atomic mass is 10.3. The Bertz CT molecular complexity index is 853. The third-order valence-electron chi connectivity index (χ3n) is 3.15. The van der Waals surface area contributed by atoms with Crippen molar-refractivity contribution in [3.8, 4) is 17.4 Å². The smallest absolute Gasteiger partial charge is 0.387 e. The molecule has 1 atom stereocenters. The van der Waals surface area contributed by atoms with Gasteiger partial charge in [0.1, 0.15) is 17.5 Å². The topological polar surface area (TPSA) is 75.0 Å². The van der Waals surface area contributed by atoms with Crippen molar-refractivity contribution in [1.82, 2.24) is 25.0 Å². The van der Waals surface area contributed by atoms with Crippen LogP contribution in [0, 0.1) is 0 Å². The van der Waals surface area contributed by atoms with Gasteiger partial charge in [-0.3, -0.25) is 0 Å². The third-order valence-corrected chi connectivity index (χ3v) is 3.46. The lowest BCUT2D eigenvalue weighted by Gasteiger charge is -2.09. The van der Waals surface area contributed by atoms with Crippen molar-refractivity contribution in [2.45, 2.75) is 19.6 Å². The van der Waals surface area contributed by atoms with Crippen molar-refractivity contribution < 1.29 is 18.3 Å². The van der Waals surface area contributed by atoms with E-state index in [0.717, 1.165) is 0 Å². The van der Waals surface area contributed by atoms with Gasteiger partial charge < -0.3 is 9.47 Å². The molecule has 7 nitrogen and oxygen atoms in total. The van der Waals surface area contributed by atoms with E-state index in [-0.39, 0.29) is 30.3 Å². The minimum atomic E-state index is -2.97. The van der Waals surface area contributed by atoms with Gasteiger partial charge in [0.25, 0.3) is 0 Å². The maximum absolute atomic E-state index is 12.4. The zero-order valence-corrected chi connectivity index (χ0v) is 15.1. The van der Waals surface area contributed by atoms with Gasteiger partial charge in [-0.05, 0) is 25.1 Å². The summed E-state index contributed by atoms with van der Waals surface area (Å²) in [6.07, 6.45) is 4.26. The molecule has 1 aromatic carbocycles. The largest absolute Gasteiger partial charge is 0.454 e. The molecule has 0 aliphatic rings. The summed E-state index contributed by atoms with van der Waals surface area (Å²) < 4.78 is 36.1. The molecule has 0 radical (unpaired) electrons. The number of nitrogens with zero attached hydrogens (tertiary/aromatic N) is 5. The summed E-state index contributed by atoms with van der Waals surface area (Å²) in [6.45, 7) is -1.21. The molecule has 3 aromatic rings. The van der Waals surface area contributed by atoms with Crippen LogP contribution in [0.3, 0.4) is 0 Å². The average Bonchev–Trinajstić information content (AvgIpc) is 3.07. The summed E-state index contributed by atoms with van der Waals surface area (Å²) in [4.78, 5) is 7.94. The zero-order valence-electron chi connectivity index (χ0n) is 13.4. The standard InChI is InChI=1S/C15H12ClF2N5O2.H2S/c1-9(24-15-19-5-2-6-20-15)12-8-23(22-21-12)10-3-4-11(16)13(7-10)25-14(17)18;/h2-9,14H,1H3;1H2/t9-;/m0./s1. The van der Waals surface area contributed by atoms with E-state index in [1.807, 2.05) is 0 Å². The van der Waals surface area contributed by atoms with Gasteiger partial charge in [0, 0.05) is 18.5 Å². The van der Waals surface area contributed by atoms with E-state index in [1.54, 1.807) is 37.6 Å². The average molecular weight is 402 g/mol. The van der Waals surface area contributed by atoms with E-state index < -0.39 is 12.7 Å². The fourth-order valence-corrected chi connectivity index (χ4v) is 2.14. The SMILES string of the molecule is C[C@H](Oc1ncccn1)c1cn(-c2ccc(Cl)c(OC(F)F)c2)nn1.S. The Kier molecular flexibility index (Phi) is 6.70. The normalized spacial score (nSPS) is 11.7. The molecule has 2 heterocycles. The highest BCUT2D eigenvalue weighted by Gasteiger charge is 2.15. The molecule has 0 aliphatic heterocycles. The van der Waals surface area contributed by atoms with Gasteiger partial charge in [0.15, 0.2) is 0 Å². The molecular formula is C15H14ClF2N5O2S. The highest BCUT2D eigenvalue weighted by atomic mass is 35.5. The van der Waals surface area contributed by atoms with Crippen LogP contribution in [0.2, 0.25) is 5.02 Å². The Balaban J connectivity index is 0.00000243. The van der Waals surface area contributed by atoms with Crippen molar-refractivity contribution in [3.05, 3.63) is 53.6 Å². The van der Waals surface area contributed by atoms with Crippen molar-refractivity contribution in [2.75, 3.05) is 0 Å². The molecule has 138 valence electrons. The van der Waals surface area contributed by atoms with Crippen LogP contribution in [0.5, 0.6) is 11.8 Å². The van der Waals surface area contributed by atoms with E-state index in [2.05, 4.69) is 25.0 Å². The molecular weight excluding hydrogens is 388 g/mol. The first-order valence-corrected chi connectivity index (χ1v) is 7.51. The predicted octanol–water partition coefficient (Wildman–Crippen LogP) is 3.56. The first-order valence-electron chi connectivity index (χ1n) is 7.13. The molecule has 0 amide bonds. The zero-order chi connectivity index (χ0) is 17.8. The minimum absolute atomic E-state index is 0. The number of aromatic nitrogens is 5. The van der Waals surface area contributed by atoms with Gasteiger partial charge in [-0.25, -0.2) is 14.6 Å². The maximum Gasteiger partial charge on any atom is 0.387 e. The molecule has 0 spiro atoms. The second-order valence-electron chi connectivity index (χ2n) is 4.87. The molecule has 11 heteroatoms. The number of ether oxygens (including phenoxy) is 2. The van der Waals surface area contributed by atoms with Crippen LogP contribution < -0.4 is 9.47 Å². The summed E-state index contributed by atoms with van der Waals surface area (Å²) >= 11 is 5.84. The van der Waals surface area contributed by atoms with Gasteiger partial charge in [-0.2, -0.15) is 22.3 Å². The van der Waals surface area contributed by atoms with Crippen LogP contribution in [0.25, 0.3) is 5.69 Å². The summed E-state index contributed by atoms with van der Waals surface area (Å²) in [5.41, 5.74) is 0.973. The van der Waals surface area contributed by atoms with Crippen LogP contribution >= 0.6 is 25.1 Å². The molecule has 26 heavy (non-hydrogen) atoms. The Labute approximate surface area is 159 Å². The molecule has 0 unspecified atom stereocenters. The first-order chi connectivity index (χ1) is 12.0. The molecule has 0 aliphatic carbocycles. The van der Waals surface area contributed by atoms with E-state index in [1.165, 1.54) is 16.8 Å². The quantitative estimate of drug-likeness (QED) is 0.628. The monoisotopic (exact) mass is 401 g/mol. The predicted molar refractivity (Wildman–Crippen MR) is 94.5 cm³/mol. The van der Waals surface area contributed by atoms with Gasteiger partial charge in [-0.15, -0.1) is 5.10 Å². The van der Waals surface area contributed by atoms with Crippen LogP contribution in [0.4, 0.5) is 8.78 Å². The second kappa shape index (κ2) is 8.77. The van der Waals surface area contributed by atoms with Gasteiger partial charge in [0.2, 0.25) is 0 Å². The van der Waals surface area contributed by atoms with Crippen molar-refractivity contribution in [2.24, 2.45) is 0 Å². The van der Waals surface area contributed by atoms with Crippen LogP contribution in [-0.4, -0.2) is 31.6 Å². The molecule has 0 saturated heterocycles. The van der Waals surface area contributed by atoms with E-state index >= 15 is 0 Å². The molecule has 0 fully saturated rings. The van der Waals surface area contributed by atoms with Crippen LogP contribution in [0.15, 0.2) is 42.9 Å². The van der Waals surface area contributed by atoms with E-state index in [0.29, 0.717) is 11.4 Å². The van der Waals surface area contributed by atoms with Gasteiger partial charge in [0.05, 0.1) is 16.9 Å². The number of alkyl halides is 2. The number of halogens is 3.